The largest absolute Gasteiger partial charge is 0.272 e. The number of nitrogens with zero attached hydrogens (tertiary/aromatic N) is 2. The summed E-state index contributed by atoms with van der Waals surface area (Å²) in [4.78, 5) is 22.2. The van der Waals surface area contributed by atoms with E-state index in [9.17, 15) is 14.9 Å². The first-order valence-corrected chi connectivity index (χ1v) is 9.31. The summed E-state index contributed by atoms with van der Waals surface area (Å²) in [6.45, 7) is 1.69. The quantitative estimate of drug-likeness (QED) is 0.413. The monoisotopic (exact) mass is 421 g/mol. The first kappa shape index (κ1) is 19.1. The van der Waals surface area contributed by atoms with E-state index in [2.05, 4.69) is 26.5 Å². The van der Waals surface area contributed by atoms with Crippen LogP contribution in [0.2, 0.25) is 0 Å². The highest BCUT2D eigenvalue weighted by molar-refractivity contribution is 9.10. The number of hydrogen-bond donors (Lipinski definition) is 1. The van der Waals surface area contributed by atoms with Gasteiger partial charge in [0.15, 0.2) is 0 Å². The molecule has 25 heavy (non-hydrogen) atoms. The van der Waals surface area contributed by atoms with E-state index in [1.54, 1.807) is 19.1 Å². The molecular weight excluding hydrogens is 406 g/mol. The smallest absolute Gasteiger partial charge is 0.270 e. The minimum atomic E-state index is -0.465. The van der Waals surface area contributed by atoms with Gasteiger partial charge in [-0.2, -0.15) is 5.10 Å². The lowest BCUT2D eigenvalue weighted by Gasteiger charge is -2.05. The van der Waals surface area contributed by atoms with Crippen molar-refractivity contribution in [3.63, 3.8) is 0 Å². The van der Waals surface area contributed by atoms with Crippen LogP contribution in [0.4, 0.5) is 5.69 Å². The molecule has 0 radical (unpaired) electrons. The van der Waals surface area contributed by atoms with E-state index in [4.69, 9.17) is 0 Å². The lowest BCUT2D eigenvalue weighted by Crippen LogP contribution is -2.21. The van der Waals surface area contributed by atoms with Crippen molar-refractivity contribution < 1.29 is 9.72 Å². The number of hydrazone groups is 1. The number of carbonyl (C=O) groups is 1. The Hall–Kier alpha value is -2.19. The van der Waals surface area contributed by atoms with E-state index in [1.807, 2.05) is 24.3 Å². The summed E-state index contributed by atoms with van der Waals surface area (Å²) in [5.74, 6) is 0.761. The molecule has 2 rings (SSSR count). The summed E-state index contributed by atoms with van der Waals surface area (Å²) in [7, 11) is 0. The van der Waals surface area contributed by atoms with Crippen LogP contribution >= 0.6 is 27.7 Å². The summed E-state index contributed by atoms with van der Waals surface area (Å²) >= 11 is 4.95. The molecule has 0 bridgehead atoms. The Morgan fingerprint density at radius 3 is 2.76 bits per heavy atom. The molecule has 2 aromatic carbocycles. The maximum atomic E-state index is 11.9. The van der Waals surface area contributed by atoms with E-state index in [1.165, 1.54) is 23.9 Å². The number of benzene rings is 2. The van der Waals surface area contributed by atoms with Crippen molar-refractivity contribution >= 4 is 45.0 Å². The molecule has 130 valence electrons. The Bertz CT molecular complexity index is 811. The van der Waals surface area contributed by atoms with Crippen molar-refractivity contribution in [1.29, 1.82) is 0 Å². The average molecular weight is 422 g/mol. The number of amides is 1. The molecule has 0 saturated heterocycles. The van der Waals surface area contributed by atoms with Gasteiger partial charge < -0.3 is 0 Å². The molecule has 6 nitrogen and oxygen atoms in total. The number of nitro benzene ring substituents is 1. The molecule has 0 aromatic heterocycles. The molecule has 0 aliphatic rings. The first-order chi connectivity index (χ1) is 12.0. The van der Waals surface area contributed by atoms with E-state index < -0.39 is 4.92 Å². The van der Waals surface area contributed by atoms with Gasteiger partial charge in [0.2, 0.25) is 5.91 Å². The molecule has 0 fully saturated rings. The van der Waals surface area contributed by atoms with Crippen LogP contribution in [0.5, 0.6) is 0 Å². The van der Waals surface area contributed by atoms with Crippen LogP contribution in [0, 0.1) is 10.1 Å². The van der Waals surface area contributed by atoms with Gasteiger partial charge in [0, 0.05) is 27.9 Å². The van der Waals surface area contributed by atoms with Crippen LogP contribution in [0.15, 0.2) is 58.1 Å². The number of thioether (sulfide) groups is 1. The minimum Gasteiger partial charge on any atom is -0.272 e. The third-order valence-corrected chi connectivity index (χ3v) is 5.03. The van der Waals surface area contributed by atoms with Gasteiger partial charge in [0.1, 0.15) is 0 Å². The third-order valence-electron chi connectivity index (χ3n) is 3.27. The average Bonchev–Trinajstić information content (AvgIpc) is 2.61. The fourth-order valence-corrected chi connectivity index (χ4v) is 3.39. The van der Waals surface area contributed by atoms with Crippen LogP contribution in [0.1, 0.15) is 18.1 Å². The molecule has 0 saturated carbocycles. The number of carbonyl (C=O) groups excluding carboxylic acids is 1. The van der Waals surface area contributed by atoms with E-state index >= 15 is 0 Å². The zero-order chi connectivity index (χ0) is 18.2. The predicted molar refractivity (Wildman–Crippen MR) is 104 cm³/mol. The molecule has 0 atom stereocenters. The van der Waals surface area contributed by atoms with Crippen LogP contribution in [-0.2, 0) is 10.5 Å². The zero-order valence-electron chi connectivity index (χ0n) is 13.4. The van der Waals surface area contributed by atoms with Crippen molar-refractivity contribution in [2.75, 3.05) is 5.75 Å². The van der Waals surface area contributed by atoms with Gasteiger partial charge >= 0.3 is 0 Å². The second-order valence-electron chi connectivity index (χ2n) is 5.12. The van der Waals surface area contributed by atoms with Crippen molar-refractivity contribution in [1.82, 2.24) is 5.43 Å². The maximum Gasteiger partial charge on any atom is 0.270 e. The highest BCUT2D eigenvalue weighted by Crippen LogP contribution is 2.21. The van der Waals surface area contributed by atoms with E-state index in [0.717, 1.165) is 10.0 Å². The molecule has 8 heteroatoms. The number of nitro groups is 1. The topological polar surface area (TPSA) is 84.6 Å². The maximum absolute atomic E-state index is 11.9. The minimum absolute atomic E-state index is 0.0117. The number of halogens is 1. The molecule has 0 aliphatic heterocycles. The molecule has 0 spiro atoms. The first-order valence-electron chi connectivity index (χ1n) is 7.36. The normalized spacial score (nSPS) is 11.2. The summed E-state index contributed by atoms with van der Waals surface area (Å²) in [5.41, 5.74) is 4.69. The number of non-ortho nitro benzene ring substituents is 1. The second-order valence-corrected chi connectivity index (χ2v) is 6.96. The van der Waals surface area contributed by atoms with Crippen LogP contribution in [0.25, 0.3) is 0 Å². The lowest BCUT2D eigenvalue weighted by atomic mass is 10.1. The van der Waals surface area contributed by atoms with Crippen molar-refractivity contribution in [2.45, 2.75) is 12.7 Å². The van der Waals surface area contributed by atoms with Gasteiger partial charge in [0.05, 0.1) is 16.4 Å². The molecule has 0 heterocycles. The number of rotatable bonds is 7. The van der Waals surface area contributed by atoms with E-state index in [-0.39, 0.29) is 17.3 Å². The van der Waals surface area contributed by atoms with Crippen LogP contribution < -0.4 is 5.43 Å². The Labute approximate surface area is 158 Å². The SMILES string of the molecule is CC(=NNC(=O)CSCc1ccccc1Br)c1cccc([N+](=O)[O-])c1. The van der Waals surface area contributed by atoms with Gasteiger partial charge in [-0.25, -0.2) is 5.43 Å². The molecule has 2 aromatic rings. The third kappa shape index (κ3) is 5.99. The Balaban J connectivity index is 1.86. The Morgan fingerprint density at radius 2 is 2.04 bits per heavy atom. The summed E-state index contributed by atoms with van der Waals surface area (Å²) in [5, 5.41) is 14.8. The number of nitrogens with one attached hydrogen (secondary N) is 1. The highest BCUT2D eigenvalue weighted by atomic mass is 79.9. The molecule has 1 N–H and O–H groups in total. The zero-order valence-corrected chi connectivity index (χ0v) is 15.8. The van der Waals surface area contributed by atoms with Gasteiger partial charge in [-0.15, -0.1) is 11.8 Å². The second kappa shape index (κ2) is 9.33. The fourth-order valence-electron chi connectivity index (χ4n) is 1.96. The summed E-state index contributed by atoms with van der Waals surface area (Å²) in [6, 6.07) is 14.0. The highest BCUT2D eigenvalue weighted by Gasteiger charge is 2.08. The lowest BCUT2D eigenvalue weighted by molar-refractivity contribution is -0.384. The van der Waals surface area contributed by atoms with Gasteiger partial charge in [-0.1, -0.05) is 46.3 Å². The molecule has 0 aliphatic carbocycles. The van der Waals surface area contributed by atoms with Crippen molar-refractivity contribution in [3.05, 3.63) is 74.2 Å². The predicted octanol–water partition coefficient (Wildman–Crippen LogP) is 4.13. The standard InChI is InChI=1S/C17H16BrN3O3S/c1-12(13-6-4-7-15(9-13)21(23)24)19-20-17(22)11-25-10-14-5-2-3-8-16(14)18/h2-9H,10-11H2,1H3,(H,20,22). The summed E-state index contributed by atoms with van der Waals surface area (Å²) in [6.07, 6.45) is 0. The number of hydrogen-bond acceptors (Lipinski definition) is 5. The molecule has 1 amide bonds. The fraction of sp³-hybridized carbons (Fsp3) is 0.176. The van der Waals surface area contributed by atoms with Gasteiger partial charge in [0.25, 0.3) is 5.69 Å². The van der Waals surface area contributed by atoms with Crippen LogP contribution in [0.3, 0.4) is 0 Å². The Kier molecular flexibility index (Phi) is 7.15. The van der Waals surface area contributed by atoms with Crippen LogP contribution in [-0.4, -0.2) is 22.3 Å². The van der Waals surface area contributed by atoms with Crippen molar-refractivity contribution in [2.24, 2.45) is 5.10 Å². The van der Waals surface area contributed by atoms with Gasteiger partial charge in [-0.05, 0) is 18.6 Å². The summed E-state index contributed by atoms with van der Waals surface area (Å²) < 4.78 is 1.02. The van der Waals surface area contributed by atoms with Crippen molar-refractivity contribution in [3.8, 4) is 0 Å². The molecule has 0 unspecified atom stereocenters. The molecular formula is C17H16BrN3O3S. The van der Waals surface area contributed by atoms with Gasteiger partial charge in [-0.3, -0.25) is 14.9 Å². The Morgan fingerprint density at radius 1 is 1.28 bits per heavy atom. The van der Waals surface area contributed by atoms with E-state index in [0.29, 0.717) is 17.0 Å².